The van der Waals surface area contributed by atoms with Crippen LogP contribution in [-0.2, 0) is 42.6 Å². The van der Waals surface area contributed by atoms with E-state index >= 15 is 4.79 Å². The van der Waals surface area contributed by atoms with E-state index in [2.05, 4.69) is 0 Å². The molecule has 4 atom stereocenters. The lowest BCUT2D eigenvalue weighted by Gasteiger charge is -2.33. The Bertz CT molecular complexity index is 2260. The van der Waals surface area contributed by atoms with Crippen molar-refractivity contribution in [1.82, 2.24) is 4.90 Å². The Balaban J connectivity index is 1.30. The molecular formula is C46H48N4O7Si. The molecule has 7 rings (SSSR count). The largest absolute Gasteiger partial charge is 0.432 e. The standard InChI is InChI=1S/C46H48N4O7Si/c1-33-44(58(2,3)56)42(28-43(54)47(24-25-51)29-34-14-7-4-8-15-34)57-46(33)40-27-39(50(32-53)37-19-11-6-12-20-37)22-23-41(40)48(45(46)55)30-35-16-13-21-38(26-35)49(31-52)36-17-9-5-10-18-36/h4-23,26-27,31-33,42,44,51,56H,24-25,28-30H2,1-3H3/t33-,42+,44-,46+/m0/s1. The van der Waals surface area contributed by atoms with Crippen LogP contribution in [0.1, 0.15) is 30.0 Å². The molecule has 2 N–H and O–H groups in total. The van der Waals surface area contributed by atoms with E-state index in [1.54, 1.807) is 29.0 Å². The number of carbonyl (C=O) groups is 4. The maximum absolute atomic E-state index is 15.4. The van der Waals surface area contributed by atoms with Gasteiger partial charge in [-0.3, -0.25) is 29.0 Å². The number of aliphatic hydroxyl groups excluding tert-OH is 1. The number of nitrogens with zero attached hydrogens (tertiary/aromatic N) is 4. The van der Waals surface area contributed by atoms with E-state index in [4.69, 9.17) is 4.74 Å². The van der Waals surface area contributed by atoms with Crippen molar-refractivity contribution in [3.8, 4) is 0 Å². The zero-order valence-corrected chi connectivity index (χ0v) is 33.8. The Morgan fingerprint density at radius 2 is 1.33 bits per heavy atom. The first-order valence-electron chi connectivity index (χ1n) is 19.5. The molecule has 4 amide bonds. The summed E-state index contributed by atoms with van der Waals surface area (Å²) in [4.78, 5) is 72.8. The smallest absolute Gasteiger partial charge is 0.264 e. The van der Waals surface area contributed by atoms with Crippen molar-refractivity contribution >= 4 is 61.4 Å². The number of ether oxygens (including phenoxy) is 1. The second-order valence-electron chi connectivity index (χ2n) is 15.5. The minimum Gasteiger partial charge on any atom is -0.432 e. The second-order valence-corrected chi connectivity index (χ2v) is 19.4. The van der Waals surface area contributed by atoms with Crippen molar-refractivity contribution in [2.75, 3.05) is 27.9 Å². The molecule has 58 heavy (non-hydrogen) atoms. The molecule has 298 valence electrons. The normalized spacial score (nSPS) is 19.8. The van der Waals surface area contributed by atoms with Crippen molar-refractivity contribution in [2.45, 2.75) is 56.8 Å². The maximum atomic E-state index is 15.4. The van der Waals surface area contributed by atoms with Crippen LogP contribution in [0.4, 0.5) is 28.4 Å². The number of hydrogen-bond acceptors (Lipinski definition) is 7. The van der Waals surface area contributed by atoms with Gasteiger partial charge in [-0.2, -0.15) is 0 Å². The fourth-order valence-corrected chi connectivity index (χ4v) is 11.4. The first-order valence-corrected chi connectivity index (χ1v) is 22.5. The lowest BCUT2D eigenvalue weighted by Crippen LogP contribution is -2.46. The van der Waals surface area contributed by atoms with Crippen molar-refractivity contribution in [3.05, 3.63) is 150 Å². The Morgan fingerprint density at radius 3 is 1.90 bits per heavy atom. The summed E-state index contributed by atoms with van der Waals surface area (Å²) >= 11 is 0. The number of hydrogen-bond donors (Lipinski definition) is 2. The van der Waals surface area contributed by atoms with Crippen LogP contribution in [-0.4, -0.2) is 67.0 Å². The summed E-state index contributed by atoms with van der Waals surface area (Å²) in [5, 5.41) is 9.95. The summed E-state index contributed by atoms with van der Waals surface area (Å²) in [7, 11) is -3.16. The van der Waals surface area contributed by atoms with Crippen LogP contribution in [0.15, 0.2) is 133 Å². The SMILES string of the molecule is C[C@H]1[C@H]([Si](C)(C)O)[C@@H](CC(=O)N(CCO)Cc2ccccc2)O[C@]12C(=O)N(Cc1cccc(N(C=O)c3ccccc3)c1)c1ccc(N(C=O)c3ccccc3)cc12. The van der Waals surface area contributed by atoms with Gasteiger partial charge in [0.2, 0.25) is 18.7 Å². The first kappa shape index (κ1) is 40.3. The predicted octanol–water partition coefficient (Wildman–Crippen LogP) is 7.03. The molecule has 5 aromatic rings. The van der Waals surface area contributed by atoms with Gasteiger partial charge >= 0.3 is 0 Å². The minimum absolute atomic E-state index is 0.108. The molecule has 0 radical (unpaired) electrons. The van der Waals surface area contributed by atoms with Gasteiger partial charge in [0, 0.05) is 52.9 Å². The molecule has 0 aliphatic carbocycles. The number of para-hydroxylation sites is 2. The number of fused-ring (bicyclic) bond motifs is 2. The van der Waals surface area contributed by atoms with Crippen molar-refractivity contribution in [1.29, 1.82) is 0 Å². The minimum atomic E-state index is -3.16. The molecule has 11 nitrogen and oxygen atoms in total. The Kier molecular flexibility index (Phi) is 11.7. The fraction of sp³-hybridized carbons (Fsp3) is 0.261. The monoisotopic (exact) mass is 796 g/mol. The lowest BCUT2D eigenvalue weighted by molar-refractivity contribution is -0.150. The molecule has 5 aromatic carbocycles. The third kappa shape index (κ3) is 7.71. The molecule has 0 unspecified atom stereocenters. The van der Waals surface area contributed by atoms with Gasteiger partial charge in [-0.05, 0) is 78.8 Å². The molecule has 1 fully saturated rings. The van der Waals surface area contributed by atoms with E-state index in [0.717, 1.165) is 23.9 Å². The lowest BCUT2D eigenvalue weighted by atomic mass is 9.82. The molecule has 0 aromatic heterocycles. The van der Waals surface area contributed by atoms with E-state index < -0.39 is 31.5 Å². The highest BCUT2D eigenvalue weighted by Crippen LogP contribution is 2.60. The molecule has 12 heteroatoms. The molecule has 1 saturated heterocycles. The van der Waals surface area contributed by atoms with E-state index in [0.29, 0.717) is 34.0 Å². The summed E-state index contributed by atoms with van der Waals surface area (Å²) in [5.74, 6) is -1.20. The zero-order valence-electron chi connectivity index (χ0n) is 32.8. The highest BCUT2D eigenvalue weighted by Gasteiger charge is 2.66. The van der Waals surface area contributed by atoms with Gasteiger partial charge in [-0.15, -0.1) is 0 Å². The molecule has 0 bridgehead atoms. The summed E-state index contributed by atoms with van der Waals surface area (Å²) in [6.45, 7) is 5.80. The molecule has 2 heterocycles. The van der Waals surface area contributed by atoms with Crippen LogP contribution in [0.2, 0.25) is 18.6 Å². The number of aliphatic hydroxyl groups is 1. The van der Waals surface area contributed by atoms with Crippen molar-refractivity contribution in [3.63, 3.8) is 0 Å². The predicted molar refractivity (Wildman–Crippen MR) is 226 cm³/mol. The van der Waals surface area contributed by atoms with E-state index in [9.17, 15) is 24.3 Å². The highest BCUT2D eigenvalue weighted by atomic mass is 28.4. The topological polar surface area (TPSA) is 131 Å². The molecular weight excluding hydrogens is 749 g/mol. The summed E-state index contributed by atoms with van der Waals surface area (Å²) in [6.07, 6.45) is 0.532. The molecule has 1 spiro atoms. The van der Waals surface area contributed by atoms with Crippen molar-refractivity contribution < 1.29 is 33.8 Å². The van der Waals surface area contributed by atoms with Gasteiger partial charge in [0.1, 0.15) is 0 Å². The Labute approximate surface area is 339 Å². The zero-order chi connectivity index (χ0) is 41.0. The van der Waals surface area contributed by atoms with Crippen LogP contribution in [0.5, 0.6) is 0 Å². The van der Waals surface area contributed by atoms with E-state index in [1.807, 2.05) is 134 Å². The van der Waals surface area contributed by atoms with Gasteiger partial charge < -0.3 is 24.4 Å². The van der Waals surface area contributed by atoms with Gasteiger partial charge in [0.25, 0.3) is 5.91 Å². The number of rotatable bonds is 15. The van der Waals surface area contributed by atoms with E-state index in [1.165, 1.54) is 9.80 Å². The molecule has 0 saturated carbocycles. The molecule has 2 aliphatic rings. The third-order valence-electron chi connectivity index (χ3n) is 11.4. The fourth-order valence-electron chi connectivity index (χ4n) is 8.80. The van der Waals surface area contributed by atoms with Gasteiger partial charge in [-0.1, -0.05) is 85.8 Å². The number of amides is 4. The Morgan fingerprint density at radius 1 is 0.776 bits per heavy atom. The summed E-state index contributed by atoms with van der Waals surface area (Å²) in [6, 6.07) is 40.8. The number of benzene rings is 5. The van der Waals surface area contributed by atoms with Gasteiger partial charge in [0.05, 0.1) is 31.4 Å². The van der Waals surface area contributed by atoms with Crippen LogP contribution >= 0.6 is 0 Å². The quantitative estimate of drug-likeness (QED) is 0.0860. The van der Waals surface area contributed by atoms with Gasteiger partial charge in [-0.25, -0.2) is 0 Å². The molecule has 2 aliphatic heterocycles. The summed E-state index contributed by atoms with van der Waals surface area (Å²) in [5.41, 5.74) is 3.09. The third-order valence-corrected chi connectivity index (χ3v) is 13.9. The number of anilines is 5. The van der Waals surface area contributed by atoms with Crippen LogP contribution in [0, 0.1) is 5.92 Å². The second kappa shape index (κ2) is 16.9. The van der Waals surface area contributed by atoms with Crippen LogP contribution < -0.4 is 14.7 Å². The van der Waals surface area contributed by atoms with E-state index in [-0.39, 0.29) is 44.5 Å². The highest BCUT2D eigenvalue weighted by molar-refractivity contribution is 6.71. The average Bonchev–Trinajstić information content (AvgIpc) is 3.65. The number of carbonyl (C=O) groups excluding carboxylic acids is 4. The average molecular weight is 797 g/mol. The maximum Gasteiger partial charge on any atom is 0.264 e. The van der Waals surface area contributed by atoms with Crippen LogP contribution in [0.3, 0.4) is 0 Å². The van der Waals surface area contributed by atoms with Gasteiger partial charge in [0.15, 0.2) is 13.9 Å². The van der Waals surface area contributed by atoms with Crippen LogP contribution in [0.25, 0.3) is 0 Å². The Hall–Kier alpha value is -5.92. The van der Waals surface area contributed by atoms with Crippen molar-refractivity contribution in [2.24, 2.45) is 5.92 Å². The first-order chi connectivity index (χ1) is 28.0. The summed E-state index contributed by atoms with van der Waals surface area (Å²) < 4.78 is 7.04.